The van der Waals surface area contributed by atoms with Crippen LogP contribution in [0.5, 0.6) is 0 Å². The van der Waals surface area contributed by atoms with Crippen molar-refractivity contribution < 1.29 is 9.59 Å². The van der Waals surface area contributed by atoms with E-state index in [4.69, 9.17) is 24.4 Å². The zero-order chi connectivity index (χ0) is 25.1. The number of hydrogen-bond acceptors (Lipinski definition) is 6. The lowest BCUT2D eigenvalue weighted by molar-refractivity contribution is 0.102. The molecule has 0 aliphatic carbocycles. The molecule has 0 bridgehead atoms. The molecule has 6 N–H and O–H groups in total. The van der Waals surface area contributed by atoms with E-state index in [9.17, 15) is 9.59 Å². The first kappa shape index (κ1) is 23.1. The Morgan fingerprint density at radius 3 is 1.47 bits per heavy atom. The number of nitrogens with one attached hydrogen (secondary N) is 6. The molecular formula is C24H18N8O2S2. The molecule has 2 aromatic heterocycles. The Balaban J connectivity index is 1.37. The zero-order valence-electron chi connectivity index (χ0n) is 18.5. The second kappa shape index (κ2) is 9.90. The fourth-order valence-corrected chi connectivity index (χ4v) is 3.87. The number of hydrogen-bond donors (Lipinski definition) is 6. The summed E-state index contributed by atoms with van der Waals surface area (Å²) in [6, 6.07) is 20.8. The first-order valence-electron chi connectivity index (χ1n) is 10.7. The summed E-state index contributed by atoms with van der Waals surface area (Å²) in [7, 11) is 0. The number of aromatic amines is 4. The Morgan fingerprint density at radius 2 is 1.06 bits per heavy atom. The van der Waals surface area contributed by atoms with Crippen LogP contribution in [-0.4, -0.2) is 42.2 Å². The molecule has 5 rings (SSSR count). The SMILES string of the molecule is O=C(Nc1ccccc1-c1nc(=S)[nH][nH]1)c1cccc(C(=O)Nc2ccccc2-c2nc(=S)[nH][nH]2)c1. The summed E-state index contributed by atoms with van der Waals surface area (Å²) in [6.07, 6.45) is 0. The van der Waals surface area contributed by atoms with Crippen LogP contribution in [0.15, 0.2) is 72.8 Å². The van der Waals surface area contributed by atoms with Gasteiger partial charge in [-0.25, -0.2) is 0 Å². The number of rotatable bonds is 6. The molecule has 5 aromatic rings. The van der Waals surface area contributed by atoms with E-state index < -0.39 is 0 Å². The lowest BCUT2D eigenvalue weighted by Crippen LogP contribution is -2.16. The van der Waals surface area contributed by atoms with Crippen molar-refractivity contribution in [3.63, 3.8) is 0 Å². The number of H-pyrrole nitrogens is 4. The highest BCUT2D eigenvalue weighted by molar-refractivity contribution is 7.71. The van der Waals surface area contributed by atoms with E-state index in [1.165, 1.54) is 6.07 Å². The minimum atomic E-state index is -0.379. The van der Waals surface area contributed by atoms with Crippen LogP contribution < -0.4 is 10.6 Å². The van der Waals surface area contributed by atoms with Gasteiger partial charge in [-0.05, 0) is 66.9 Å². The average Bonchev–Trinajstić information content (AvgIpc) is 3.53. The first-order valence-corrected chi connectivity index (χ1v) is 11.5. The van der Waals surface area contributed by atoms with Crippen LogP contribution >= 0.6 is 24.4 Å². The molecule has 12 heteroatoms. The molecule has 3 aromatic carbocycles. The fraction of sp³-hybridized carbons (Fsp3) is 0. The molecule has 10 nitrogen and oxygen atoms in total. The molecule has 0 aliphatic rings. The Hall–Kier alpha value is -4.68. The van der Waals surface area contributed by atoms with Crippen LogP contribution in [-0.2, 0) is 0 Å². The topological polar surface area (TPSA) is 147 Å². The quantitative estimate of drug-likeness (QED) is 0.174. The van der Waals surface area contributed by atoms with Gasteiger partial charge in [-0.3, -0.25) is 30.0 Å². The average molecular weight is 515 g/mol. The van der Waals surface area contributed by atoms with Gasteiger partial charge >= 0.3 is 0 Å². The predicted molar refractivity (Wildman–Crippen MR) is 141 cm³/mol. The van der Waals surface area contributed by atoms with Gasteiger partial charge in [0.2, 0.25) is 9.54 Å². The molecule has 2 amide bonds. The van der Waals surface area contributed by atoms with E-state index in [0.717, 1.165) is 0 Å². The Morgan fingerprint density at radius 1 is 0.611 bits per heavy atom. The van der Waals surface area contributed by atoms with Crippen molar-refractivity contribution in [3.8, 4) is 22.8 Å². The maximum absolute atomic E-state index is 13.0. The van der Waals surface area contributed by atoms with E-state index in [1.54, 1.807) is 42.5 Å². The molecule has 36 heavy (non-hydrogen) atoms. The van der Waals surface area contributed by atoms with Gasteiger partial charge in [-0.2, -0.15) is 9.97 Å². The number of amides is 2. The van der Waals surface area contributed by atoms with Crippen molar-refractivity contribution >= 4 is 47.6 Å². The number of carbonyl (C=O) groups is 2. The number of nitrogens with zero attached hydrogens (tertiary/aromatic N) is 2. The van der Waals surface area contributed by atoms with Gasteiger partial charge in [0, 0.05) is 22.3 Å². The van der Waals surface area contributed by atoms with Crippen LogP contribution in [0.25, 0.3) is 22.8 Å². The third-order valence-electron chi connectivity index (χ3n) is 5.25. The van der Waals surface area contributed by atoms with Crippen LogP contribution in [0, 0.1) is 9.54 Å². The van der Waals surface area contributed by atoms with Gasteiger partial charge in [-0.1, -0.05) is 30.3 Å². The van der Waals surface area contributed by atoms with Crippen molar-refractivity contribution in [2.75, 3.05) is 10.6 Å². The standard InChI is InChI=1S/C24H18N8O2S2/c33-21(25-17-10-3-1-8-15(17)19-27-23(35)31-29-19)13-6-5-7-14(12-13)22(34)26-18-11-4-2-9-16(18)20-28-24(36)32-30-20/h1-12H,(H,25,33)(H,26,34)(H2,27,29,31,35)(H2,28,30,32,36). The number of benzene rings is 3. The van der Waals surface area contributed by atoms with Gasteiger partial charge in [0.15, 0.2) is 11.6 Å². The Bertz CT molecular complexity index is 1580. The normalized spacial score (nSPS) is 10.7. The largest absolute Gasteiger partial charge is 0.321 e. The van der Waals surface area contributed by atoms with Crippen molar-refractivity contribution in [3.05, 3.63) is 93.5 Å². The summed E-state index contributed by atoms with van der Waals surface area (Å²) >= 11 is 10.1. The summed E-state index contributed by atoms with van der Waals surface area (Å²) in [5.74, 6) is 0.242. The van der Waals surface area contributed by atoms with Crippen molar-refractivity contribution in [1.82, 2.24) is 30.4 Å². The van der Waals surface area contributed by atoms with E-state index in [-0.39, 0.29) is 11.8 Å². The number of carbonyl (C=O) groups excluding carboxylic acids is 2. The van der Waals surface area contributed by atoms with E-state index in [2.05, 4.69) is 41.0 Å². The van der Waals surface area contributed by atoms with Gasteiger partial charge in [-0.15, -0.1) is 0 Å². The summed E-state index contributed by atoms with van der Waals surface area (Å²) in [5.41, 5.74) is 3.05. The fourth-order valence-electron chi connectivity index (χ4n) is 3.58. The molecule has 0 aliphatic heterocycles. The van der Waals surface area contributed by atoms with Crippen LogP contribution in [0.4, 0.5) is 11.4 Å². The highest BCUT2D eigenvalue weighted by Crippen LogP contribution is 2.26. The summed E-state index contributed by atoms with van der Waals surface area (Å²) in [5, 5.41) is 17.0. The van der Waals surface area contributed by atoms with Crippen LogP contribution in [0.3, 0.4) is 0 Å². The van der Waals surface area contributed by atoms with Gasteiger partial charge in [0.25, 0.3) is 11.8 Å². The predicted octanol–water partition coefficient (Wildman–Crippen LogP) is 5.09. The maximum atomic E-state index is 13.0. The van der Waals surface area contributed by atoms with Gasteiger partial charge in [0.1, 0.15) is 0 Å². The summed E-state index contributed by atoms with van der Waals surface area (Å²) in [4.78, 5) is 34.5. The van der Waals surface area contributed by atoms with E-state index in [0.29, 0.717) is 54.8 Å². The Labute approximate surface area is 214 Å². The molecule has 2 heterocycles. The minimum absolute atomic E-state index is 0.307. The summed E-state index contributed by atoms with van der Waals surface area (Å²) < 4.78 is 0.613. The highest BCUT2D eigenvalue weighted by Gasteiger charge is 2.16. The number of anilines is 2. The molecular weight excluding hydrogens is 496 g/mol. The smallest absolute Gasteiger partial charge is 0.255 e. The molecule has 0 saturated heterocycles. The van der Waals surface area contributed by atoms with Crippen LogP contribution in [0.2, 0.25) is 0 Å². The molecule has 0 fully saturated rings. The van der Waals surface area contributed by atoms with E-state index in [1.807, 2.05) is 24.3 Å². The minimum Gasteiger partial charge on any atom is -0.321 e. The maximum Gasteiger partial charge on any atom is 0.255 e. The second-order valence-electron chi connectivity index (χ2n) is 7.61. The van der Waals surface area contributed by atoms with Gasteiger partial charge < -0.3 is 10.6 Å². The van der Waals surface area contributed by atoms with Crippen molar-refractivity contribution in [1.29, 1.82) is 0 Å². The van der Waals surface area contributed by atoms with Crippen molar-refractivity contribution in [2.45, 2.75) is 0 Å². The molecule has 178 valence electrons. The summed E-state index contributed by atoms with van der Waals surface area (Å²) in [6.45, 7) is 0. The first-order chi connectivity index (χ1) is 17.5. The third-order valence-corrected chi connectivity index (χ3v) is 5.64. The molecule has 0 spiro atoms. The second-order valence-corrected chi connectivity index (χ2v) is 8.38. The van der Waals surface area contributed by atoms with Gasteiger partial charge in [0.05, 0.1) is 11.4 Å². The Kier molecular flexibility index (Phi) is 6.34. The molecule has 0 radical (unpaired) electrons. The van der Waals surface area contributed by atoms with Crippen LogP contribution in [0.1, 0.15) is 20.7 Å². The van der Waals surface area contributed by atoms with E-state index >= 15 is 0 Å². The lowest BCUT2D eigenvalue weighted by atomic mass is 10.1. The molecule has 0 atom stereocenters. The van der Waals surface area contributed by atoms with Crippen molar-refractivity contribution in [2.24, 2.45) is 0 Å². The zero-order valence-corrected chi connectivity index (χ0v) is 20.1. The molecule has 0 saturated carbocycles. The highest BCUT2D eigenvalue weighted by atomic mass is 32.1. The number of para-hydroxylation sites is 2. The third kappa shape index (κ3) is 4.89. The monoisotopic (exact) mass is 514 g/mol. The number of aromatic nitrogens is 6. The lowest BCUT2D eigenvalue weighted by Gasteiger charge is -2.11. The molecule has 0 unspecified atom stereocenters.